The minimum absolute atomic E-state index is 0.0418. The average Bonchev–Trinajstić information content (AvgIpc) is 2.73. The van der Waals surface area contributed by atoms with E-state index < -0.39 is 0 Å². The highest BCUT2D eigenvalue weighted by Gasteiger charge is 2.54. The van der Waals surface area contributed by atoms with Gasteiger partial charge >= 0.3 is 0 Å². The van der Waals surface area contributed by atoms with Gasteiger partial charge in [-0.2, -0.15) is 0 Å². The average molecular weight is 207 g/mol. The van der Waals surface area contributed by atoms with Gasteiger partial charge in [0.25, 0.3) is 0 Å². The van der Waals surface area contributed by atoms with E-state index in [1.165, 1.54) is 12.8 Å². The molecule has 2 atom stereocenters. The highest BCUT2D eigenvalue weighted by molar-refractivity contribution is 5.15. The van der Waals surface area contributed by atoms with Crippen molar-refractivity contribution in [1.29, 1.82) is 0 Å². The van der Waals surface area contributed by atoms with Gasteiger partial charge in [0.15, 0.2) is 0 Å². The molecule has 1 aliphatic heterocycles. The van der Waals surface area contributed by atoms with E-state index in [0.29, 0.717) is 5.92 Å². The molecule has 1 saturated heterocycles. The molecule has 0 amide bonds. The first-order chi connectivity index (χ1) is 7.22. The third-order valence-corrected chi connectivity index (χ3v) is 3.83. The van der Waals surface area contributed by atoms with Crippen LogP contribution in [0.3, 0.4) is 0 Å². The second-order valence-corrected chi connectivity index (χ2v) is 5.02. The lowest BCUT2D eigenvalue weighted by molar-refractivity contribution is 0.0983. The summed E-state index contributed by atoms with van der Waals surface area (Å²) >= 11 is 0. The predicted molar refractivity (Wildman–Crippen MR) is 55.4 cm³/mol. The molecule has 2 heterocycles. The summed E-state index contributed by atoms with van der Waals surface area (Å²) in [4.78, 5) is 0. The smallest absolute Gasteiger partial charge is 0.236 e. The minimum Gasteiger partial charge on any atom is -0.423 e. The molecule has 82 valence electrons. The Bertz CT molecular complexity index is 374. The zero-order chi connectivity index (χ0) is 10.5. The van der Waals surface area contributed by atoms with Gasteiger partial charge < -0.3 is 9.73 Å². The molecule has 1 N–H and O–H groups in total. The fraction of sp³-hybridized carbons (Fsp3) is 0.818. The van der Waals surface area contributed by atoms with Crippen LogP contribution in [0.1, 0.15) is 50.8 Å². The first kappa shape index (κ1) is 9.33. The molecule has 0 aromatic carbocycles. The standard InChI is InChI=1S/C11H17N3O/c1-7(2)9-13-14-10(15-9)11-5-3-8(11)4-6-12-11/h7-8,12H,3-6H2,1-2H3/t8-,11-/m0/s1. The summed E-state index contributed by atoms with van der Waals surface area (Å²) in [5, 5.41) is 11.9. The fourth-order valence-corrected chi connectivity index (χ4v) is 2.74. The van der Waals surface area contributed by atoms with Gasteiger partial charge in [0.05, 0.1) is 0 Å². The van der Waals surface area contributed by atoms with Crippen molar-refractivity contribution in [3.05, 3.63) is 11.8 Å². The third-order valence-electron chi connectivity index (χ3n) is 3.83. The monoisotopic (exact) mass is 207 g/mol. The molecule has 2 aliphatic rings. The molecule has 0 radical (unpaired) electrons. The van der Waals surface area contributed by atoms with Gasteiger partial charge in [-0.05, 0) is 31.7 Å². The maximum absolute atomic E-state index is 5.77. The van der Waals surface area contributed by atoms with Crippen LogP contribution in [0.5, 0.6) is 0 Å². The molecule has 2 fully saturated rings. The molecule has 3 rings (SSSR count). The Kier molecular flexibility index (Phi) is 1.89. The fourth-order valence-electron chi connectivity index (χ4n) is 2.74. The van der Waals surface area contributed by atoms with Gasteiger partial charge in [0.2, 0.25) is 11.8 Å². The summed E-state index contributed by atoms with van der Waals surface area (Å²) in [6.45, 7) is 5.24. The maximum Gasteiger partial charge on any atom is 0.236 e. The first-order valence-electron chi connectivity index (χ1n) is 5.81. The van der Waals surface area contributed by atoms with Crippen molar-refractivity contribution >= 4 is 0 Å². The molecule has 1 saturated carbocycles. The van der Waals surface area contributed by atoms with E-state index in [-0.39, 0.29) is 5.54 Å². The van der Waals surface area contributed by atoms with E-state index in [2.05, 4.69) is 29.4 Å². The van der Waals surface area contributed by atoms with Crippen LogP contribution in [-0.2, 0) is 5.54 Å². The molecular weight excluding hydrogens is 190 g/mol. The third kappa shape index (κ3) is 1.17. The van der Waals surface area contributed by atoms with Gasteiger partial charge in [0.1, 0.15) is 5.54 Å². The summed E-state index contributed by atoms with van der Waals surface area (Å²) in [6.07, 6.45) is 3.70. The van der Waals surface area contributed by atoms with Crippen LogP contribution in [0, 0.1) is 5.92 Å². The van der Waals surface area contributed by atoms with E-state index >= 15 is 0 Å². The minimum atomic E-state index is 0.0418. The van der Waals surface area contributed by atoms with Crippen LogP contribution in [0.25, 0.3) is 0 Å². The first-order valence-corrected chi connectivity index (χ1v) is 5.81. The SMILES string of the molecule is CC(C)c1nnc([C@]23CC[C@H]2CCN3)o1. The normalized spacial score (nSPS) is 34.2. The van der Waals surface area contributed by atoms with Gasteiger partial charge in [-0.3, -0.25) is 0 Å². The van der Waals surface area contributed by atoms with Crippen LogP contribution in [0.2, 0.25) is 0 Å². The number of hydrogen-bond acceptors (Lipinski definition) is 4. The van der Waals surface area contributed by atoms with Gasteiger partial charge in [-0.1, -0.05) is 13.8 Å². The van der Waals surface area contributed by atoms with Crippen LogP contribution in [0.4, 0.5) is 0 Å². The molecule has 1 aromatic rings. The van der Waals surface area contributed by atoms with Crippen LogP contribution >= 0.6 is 0 Å². The number of nitrogens with zero attached hydrogens (tertiary/aromatic N) is 2. The van der Waals surface area contributed by atoms with Crippen molar-refractivity contribution in [2.75, 3.05) is 6.54 Å². The van der Waals surface area contributed by atoms with E-state index in [1.54, 1.807) is 0 Å². The predicted octanol–water partition coefficient (Wildman–Crippen LogP) is 1.79. The van der Waals surface area contributed by atoms with E-state index in [0.717, 1.165) is 30.7 Å². The van der Waals surface area contributed by atoms with Crippen molar-refractivity contribution in [3.8, 4) is 0 Å². The lowest BCUT2D eigenvalue weighted by atomic mass is 9.68. The van der Waals surface area contributed by atoms with Gasteiger partial charge in [-0.15, -0.1) is 10.2 Å². The molecule has 0 bridgehead atoms. The Labute approximate surface area is 89.5 Å². The number of nitrogens with one attached hydrogen (secondary N) is 1. The maximum atomic E-state index is 5.77. The lowest BCUT2D eigenvalue weighted by Crippen LogP contribution is -2.49. The van der Waals surface area contributed by atoms with Crippen LogP contribution in [0.15, 0.2) is 4.42 Å². The lowest BCUT2D eigenvalue weighted by Gasteiger charge is -2.41. The molecule has 15 heavy (non-hydrogen) atoms. The van der Waals surface area contributed by atoms with Crippen molar-refractivity contribution < 1.29 is 4.42 Å². The Hall–Kier alpha value is -0.900. The van der Waals surface area contributed by atoms with E-state index in [4.69, 9.17) is 4.42 Å². The second-order valence-electron chi connectivity index (χ2n) is 5.02. The summed E-state index contributed by atoms with van der Waals surface area (Å²) < 4.78 is 5.77. The number of hydrogen-bond donors (Lipinski definition) is 1. The molecule has 4 heteroatoms. The zero-order valence-electron chi connectivity index (χ0n) is 9.29. The Morgan fingerprint density at radius 1 is 1.40 bits per heavy atom. The van der Waals surface area contributed by atoms with Gasteiger partial charge in [0, 0.05) is 5.92 Å². The summed E-state index contributed by atoms with van der Waals surface area (Å²) in [6, 6.07) is 0. The Morgan fingerprint density at radius 3 is 2.80 bits per heavy atom. The largest absolute Gasteiger partial charge is 0.423 e. The number of fused-ring (bicyclic) bond motifs is 1. The van der Waals surface area contributed by atoms with Gasteiger partial charge in [-0.25, -0.2) is 0 Å². The van der Waals surface area contributed by atoms with Crippen LogP contribution < -0.4 is 5.32 Å². The number of aromatic nitrogens is 2. The molecule has 0 spiro atoms. The quantitative estimate of drug-likeness (QED) is 0.803. The van der Waals surface area contributed by atoms with Crippen molar-refractivity contribution in [2.24, 2.45) is 5.92 Å². The molecule has 0 unspecified atom stereocenters. The molecular formula is C11H17N3O. The topological polar surface area (TPSA) is 51.0 Å². The second kappa shape index (κ2) is 3.04. The molecule has 1 aromatic heterocycles. The van der Waals surface area contributed by atoms with E-state index in [9.17, 15) is 0 Å². The summed E-state index contributed by atoms with van der Waals surface area (Å²) in [7, 11) is 0. The highest BCUT2D eigenvalue weighted by Crippen LogP contribution is 2.51. The molecule has 1 aliphatic carbocycles. The van der Waals surface area contributed by atoms with Crippen molar-refractivity contribution in [2.45, 2.75) is 44.6 Å². The highest BCUT2D eigenvalue weighted by atomic mass is 16.4. The number of rotatable bonds is 2. The Morgan fingerprint density at radius 2 is 2.27 bits per heavy atom. The summed E-state index contributed by atoms with van der Waals surface area (Å²) in [5.41, 5.74) is 0.0418. The summed E-state index contributed by atoms with van der Waals surface area (Å²) in [5.74, 6) is 2.62. The van der Waals surface area contributed by atoms with Crippen molar-refractivity contribution in [1.82, 2.24) is 15.5 Å². The van der Waals surface area contributed by atoms with Crippen molar-refractivity contribution in [3.63, 3.8) is 0 Å². The molecule has 4 nitrogen and oxygen atoms in total. The van der Waals surface area contributed by atoms with E-state index in [1.807, 2.05) is 0 Å². The van der Waals surface area contributed by atoms with Crippen LogP contribution in [-0.4, -0.2) is 16.7 Å². The Balaban J connectivity index is 1.92. The zero-order valence-corrected chi connectivity index (χ0v) is 9.29.